The lowest BCUT2D eigenvalue weighted by molar-refractivity contribution is 0.415. The van der Waals surface area contributed by atoms with Gasteiger partial charge in [0.25, 0.3) is 0 Å². The van der Waals surface area contributed by atoms with E-state index in [1.165, 1.54) is 16.9 Å². The van der Waals surface area contributed by atoms with E-state index in [0.29, 0.717) is 16.5 Å². The van der Waals surface area contributed by atoms with Crippen molar-refractivity contribution in [2.45, 2.75) is 20.3 Å². The monoisotopic (exact) mass is 389 g/mol. The number of nitriles is 1. The number of ether oxygens (including phenoxy) is 1. The maximum Gasteiger partial charge on any atom is 0.136 e. The minimum atomic E-state index is 0.503. The van der Waals surface area contributed by atoms with E-state index < -0.39 is 0 Å². The molecule has 0 spiro atoms. The van der Waals surface area contributed by atoms with Crippen molar-refractivity contribution in [1.29, 1.82) is 5.26 Å². The van der Waals surface area contributed by atoms with Crippen LogP contribution in [-0.4, -0.2) is 12.1 Å². The largest absolute Gasteiger partial charge is 0.497 e. The summed E-state index contributed by atoms with van der Waals surface area (Å²) >= 11 is 1.47. The Bertz CT molecular complexity index is 980. The maximum atomic E-state index is 9.53. The van der Waals surface area contributed by atoms with Gasteiger partial charge in [0, 0.05) is 22.8 Å². The zero-order chi connectivity index (χ0) is 19.9. The van der Waals surface area contributed by atoms with Gasteiger partial charge in [-0.3, -0.25) is 0 Å². The molecule has 0 aliphatic rings. The van der Waals surface area contributed by atoms with Gasteiger partial charge >= 0.3 is 0 Å². The summed E-state index contributed by atoms with van der Waals surface area (Å²) < 4.78 is 5.15. The molecular formula is C23H23N3OS. The van der Waals surface area contributed by atoms with Gasteiger partial charge in [-0.25, -0.2) is 4.98 Å². The van der Waals surface area contributed by atoms with Gasteiger partial charge in [-0.05, 0) is 42.2 Å². The van der Waals surface area contributed by atoms with Gasteiger partial charge in [0.15, 0.2) is 0 Å². The molecule has 0 saturated carbocycles. The predicted molar refractivity (Wildman–Crippen MR) is 116 cm³/mol. The average Bonchev–Trinajstić information content (AvgIpc) is 3.19. The molecule has 5 heteroatoms. The fraction of sp³-hybridized carbons (Fsp3) is 0.217. The number of methoxy groups -OCH3 is 1. The van der Waals surface area contributed by atoms with Crippen molar-refractivity contribution in [2.24, 2.45) is 5.92 Å². The van der Waals surface area contributed by atoms with Crippen molar-refractivity contribution in [1.82, 2.24) is 4.98 Å². The topological polar surface area (TPSA) is 57.9 Å². The molecular weight excluding hydrogens is 366 g/mol. The molecule has 0 saturated heterocycles. The van der Waals surface area contributed by atoms with E-state index in [2.05, 4.69) is 54.5 Å². The summed E-state index contributed by atoms with van der Waals surface area (Å²) in [6.45, 7) is 4.44. The predicted octanol–water partition coefficient (Wildman–Crippen LogP) is 5.99. The first-order valence-corrected chi connectivity index (χ1v) is 10.0. The molecule has 0 amide bonds. The minimum Gasteiger partial charge on any atom is -0.497 e. The smallest absolute Gasteiger partial charge is 0.136 e. The van der Waals surface area contributed by atoms with Gasteiger partial charge in [-0.15, -0.1) is 11.3 Å². The third-order valence-electron chi connectivity index (χ3n) is 4.22. The van der Waals surface area contributed by atoms with E-state index in [9.17, 15) is 5.26 Å². The SMILES string of the molecule is COc1ccc(N/C=C(\C#N)c2nc(-c3ccc(CC(C)C)cc3)cs2)cc1. The van der Waals surface area contributed by atoms with Crippen LogP contribution in [0.15, 0.2) is 60.1 Å². The summed E-state index contributed by atoms with van der Waals surface area (Å²) in [7, 11) is 1.63. The summed E-state index contributed by atoms with van der Waals surface area (Å²) in [5, 5.41) is 15.4. The van der Waals surface area contributed by atoms with Crippen LogP contribution < -0.4 is 10.1 Å². The van der Waals surface area contributed by atoms with Crippen LogP contribution in [0.25, 0.3) is 16.8 Å². The summed E-state index contributed by atoms with van der Waals surface area (Å²) in [6.07, 6.45) is 2.76. The quantitative estimate of drug-likeness (QED) is 0.504. The highest BCUT2D eigenvalue weighted by molar-refractivity contribution is 7.11. The molecule has 3 aromatic rings. The molecule has 1 N–H and O–H groups in total. The molecule has 4 nitrogen and oxygen atoms in total. The fourth-order valence-corrected chi connectivity index (χ4v) is 3.59. The van der Waals surface area contributed by atoms with E-state index >= 15 is 0 Å². The Labute approximate surface area is 170 Å². The van der Waals surface area contributed by atoms with Gasteiger partial charge < -0.3 is 10.1 Å². The molecule has 0 unspecified atom stereocenters. The second kappa shape index (κ2) is 9.20. The van der Waals surface area contributed by atoms with E-state index in [4.69, 9.17) is 4.74 Å². The fourth-order valence-electron chi connectivity index (χ4n) is 2.80. The molecule has 2 aromatic carbocycles. The van der Waals surface area contributed by atoms with Crippen molar-refractivity contribution < 1.29 is 4.74 Å². The van der Waals surface area contributed by atoms with E-state index in [-0.39, 0.29) is 0 Å². The van der Waals surface area contributed by atoms with E-state index in [0.717, 1.165) is 29.1 Å². The highest BCUT2D eigenvalue weighted by Gasteiger charge is 2.09. The zero-order valence-corrected chi connectivity index (χ0v) is 17.1. The van der Waals surface area contributed by atoms with Gasteiger partial charge in [0.2, 0.25) is 0 Å². The van der Waals surface area contributed by atoms with Crippen molar-refractivity contribution >= 4 is 22.6 Å². The van der Waals surface area contributed by atoms with Crippen molar-refractivity contribution in [3.8, 4) is 23.1 Å². The van der Waals surface area contributed by atoms with Gasteiger partial charge in [0.05, 0.1) is 12.8 Å². The molecule has 1 aromatic heterocycles. The minimum absolute atomic E-state index is 0.503. The van der Waals surface area contributed by atoms with Crippen LogP contribution in [0, 0.1) is 17.2 Å². The molecule has 0 bridgehead atoms. The zero-order valence-electron chi connectivity index (χ0n) is 16.3. The molecule has 28 heavy (non-hydrogen) atoms. The normalized spacial score (nSPS) is 11.3. The van der Waals surface area contributed by atoms with Crippen LogP contribution in [0.1, 0.15) is 24.4 Å². The third kappa shape index (κ3) is 4.99. The Balaban J connectivity index is 1.74. The molecule has 0 aliphatic heterocycles. The summed E-state index contributed by atoms with van der Waals surface area (Å²) in [5.41, 5.74) is 4.67. The van der Waals surface area contributed by atoms with Crippen LogP contribution in [-0.2, 0) is 6.42 Å². The second-order valence-corrected chi connectivity index (χ2v) is 7.73. The number of aromatic nitrogens is 1. The third-order valence-corrected chi connectivity index (χ3v) is 5.10. The number of rotatable bonds is 7. The lowest BCUT2D eigenvalue weighted by Crippen LogP contribution is -1.93. The lowest BCUT2D eigenvalue weighted by Gasteiger charge is -2.05. The number of thiazole rings is 1. The number of benzene rings is 2. The summed E-state index contributed by atoms with van der Waals surface area (Å²) in [5.74, 6) is 1.43. The Morgan fingerprint density at radius 2 is 1.89 bits per heavy atom. The van der Waals surface area contributed by atoms with Crippen LogP contribution in [0.4, 0.5) is 5.69 Å². The molecule has 0 fully saturated rings. The molecule has 1 heterocycles. The molecule has 0 radical (unpaired) electrons. The summed E-state index contributed by atoms with van der Waals surface area (Å²) in [6, 6.07) is 18.3. The summed E-state index contributed by atoms with van der Waals surface area (Å²) in [4.78, 5) is 4.65. The first-order valence-electron chi connectivity index (χ1n) is 9.15. The van der Waals surface area contributed by atoms with Gasteiger partial charge in [-0.1, -0.05) is 38.1 Å². The lowest BCUT2D eigenvalue weighted by atomic mass is 10.0. The molecule has 0 atom stereocenters. The second-order valence-electron chi connectivity index (χ2n) is 6.88. The first-order chi connectivity index (χ1) is 13.6. The Morgan fingerprint density at radius 1 is 1.18 bits per heavy atom. The van der Waals surface area contributed by atoms with Gasteiger partial charge in [-0.2, -0.15) is 5.26 Å². The standard InChI is InChI=1S/C23H23N3OS/c1-16(2)12-17-4-6-18(7-5-17)22-15-28-23(26-22)19(13-24)14-25-20-8-10-21(27-3)11-9-20/h4-11,14-16,25H,12H2,1-3H3/b19-14+. The van der Waals surface area contributed by atoms with Crippen molar-refractivity contribution in [3.63, 3.8) is 0 Å². The number of nitrogens with one attached hydrogen (secondary N) is 1. The average molecular weight is 390 g/mol. The highest BCUT2D eigenvalue weighted by atomic mass is 32.1. The Kier molecular flexibility index (Phi) is 6.46. The number of hydrogen-bond donors (Lipinski definition) is 1. The molecule has 0 aliphatic carbocycles. The molecule has 3 rings (SSSR count). The van der Waals surface area contributed by atoms with Crippen LogP contribution in [0.5, 0.6) is 5.75 Å². The molecule has 142 valence electrons. The van der Waals surface area contributed by atoms with E-state index in [1.54, 1.807) is 13.3 Å². The number of allylic oxidation sites excluding steroid dienone is 1. The number of hydrogen-bond acceptors (Lipinski definition) is 5. The maximum absolute atomic E-state index is 9.53. The number of nitrogens with zero attached hydrogens (tertiary/aromatic N) is 2. The Hall–Kier alpha value is -3.10. The first kappa shape index (κ1) is 19.7. The van der Waals surface area contributed by atoms with Crippen LogP contribution in [0.3, 0.4) is 0 Å². The highest BCUT2D eigenvalue weighted by Crippen LogP contribution is 2.27. The van der Waals surface area contributed by atoms with Crippen molar-refractivity contribution in [2.75, 3.05) is 12.4 Å². The van der Waals surface area contributed by atoms with Crippen LogP contribution >= 0.6 is 11.3 Å². The van der Waals surface area contributed by atoms with Crippen molar-refractivity contribution in [3.05, 3.63) is 70.7 Å². The Morgan fingerprint density at radius 3 is 2.50 bits per heavy atom. The van der Waals surface area contributed by atoms with Gasteiger partial charge in [0.1, 0.15) is 22.4 Å². The van der Waals surface area contributed by atoms with Crippen LogP contribution in [0.2, 0.25) is 0 Å². The number of anilines is 1. The van der Waals surface area contributed by atoms with E-state index in [1.807, 2.05) is 29.6 Å².